The number of rotatable bonds is 4. The lowest BCUT2D eigenvalue weighted by Gasteiger charge is -2.27. The summed E-state index contributed by atoms with van der Waals surface area (Å²) < 4.78 is 3.08. The standard InChI is InChI=1S/C25H18BrN5OS2/c26-19-5-2-1-4-18(19)24-27-20(15-34-24)23-29-28-22-14-30(11-12-31(22)23)25(32)17-9-7-16(8-10-17)21-6-3-13-33-21/h1-10,13,15H,11-12,14H2. The number of hydrogen-bond acceptors (Lipinski definition) is 6. The molecule has 9 heteroatoms. The molecule has 2 aromatic carbocycles. The number of thiophene rings is 1. The normalized spacial score (nSPS) is 13.1. The molecule has 168 valence electrons. The minimum atomic E-state index is 0.0124. The molecule has 0 aliphatic carbocycles. The van der Waals surface area contributed by atoms with Gasteiger partial charge in [0.05, 0.1) is 6.54 Å². The van der Waals surface area contributed by atoms with Gasteiger partial charge in [-0.1, -0.05) is 52.3 Å². The molecule has 0 atom stereocenters. The topological polar surface area (TPSA) is 63.9 Å². The summed E-state index contributed by atoms with van der Waals surface area (Å²) in [5.74, 6) is 1.54. The van der Waals surface area contributed by atoms with E-state index in [1.807, 2.05) is 64.9 Å². The van der Waals surface area contributed by atoms with E-state index < -0.39 is 0 Å². The number of amides is 1. The highest BCUT2D eigenvalue weighted by molar-refractivity contribution is 9.10. The van der Waals surface area contributed by atoms with Gasteiger partial charge in [-0.05, 0) is 35.2 Å². The number of carbonyl (C=O) groups is 1. The highest BCUT2D eigenvalue weighted by atomic mass is 79.9. The number of hydrogen-bond donors (Lipinski definition) is 0. The van der Waals surface area contributed by atoms with Gasteiger partial charge in [0.2, 0.25) is 0 Å². The Balaban J connectivity index is 1.20. The van der Waals surface area contributed by atoms with Crippen molar-refractivity contribution in [3.63, 3.8) is 0 Å². The zero-order valence-corrected chi connectivity index (χ0v) is 21.1. The second-order valence-corrected chi connectivity index (χ2v) is 10.6. The summed E-state index contributed by atoms with van der Waals surface area (Å²) in [6.45, 7) is 1.67. The van der Waals surface area contributed by atoms with Crippen molar-refractivity contribution in [2.45, 2.75) is 13.1 Å². The minimum Gasteiger partial charge on any atom is -0.329 e. The van der Waals surface area contributed by atoms with Crippen molar-refractivity contribution in [1.29, 1.82) is 0 Å². The van der Waals surface area contributed by atoms with Crippen molar-refractivity contribution in [2.75, 3.05) is 6.54 Å². The smallest absolute Gasteiger partial charge is 0.254 e. The molecule has 6 nitrogen and oxygen atoms in total. The molecule has 0 bridgehead atoms. The maximum absolute atomic E-state index is 13.1. The fraction of sp³-hybridized carbons (Fsp3) is 0.120. The number of aromatic nitrogens is 4. The zero-order chi connectivity index (χ0) is 23.1. The van der Waals surface area contributed by atoms with Crippen LogP contribution in [-0.4, -0.2) is 37.1 Å². The molecule has 4 heterocycles. The van der Waals surface area contributed by atoms with Crippen molar-refractivity contribution in [2.24, 2.45) is 0 Å². The molecule has 0 fully saturated rings. The van der Waals surface area contributed by atoms with Crippen LogP contribution in [0, 0.1) is 0 Å². The summed E-state index contributed by atoms with van der Waals surface area (Å²) in [7, 11) is 0. The second kappa shape index (κ2) is 8.90. The van der Waals surface area contributed by atoms with Crippen LogP contribution in [0.3, 0.4) is 0 Å². The van der Waals surface area contributed by atoms with Crippen LogP contribution in [0.15, 0.2) is 75.9 Å². The molecule has 0 spiro atoms. The SMILES string of the molecule is O=C(c1ccc(-c2cccs2)cc1)N1CCn2c(nnc2-c2csc(-c3ccccc3Br)n2)C1. The monoisotopic (exact) mass is 547 g/mol. The molecule has 1 amide bonds. The van der Waals surface area contributed by atoms with Crippen molar-refractivity contribution in [3.05, 3.63) is 87.3 Å². The zero-order valence-electron chi connectivity index (χ0n) is 17.9. The second-order valence-electron chi connectivity index (χ2n) is 7.89. The Hall–Kier alpha value is -3.14. The van der Waals surface area contributed by atoms with Crippen LogP contribution in [0.2, 0.25) is 0 Å². The largest absolute Gasteiger partial charge is 0.329 e. The summed E-state index contributed by atoms with van der Waals surface area (Å²) in [5.41, 5.74) is 3.67. The van der Waals surface area contributed by atoms with E-state index in [-0.39, 0.29) is 5.91 Å². The third-order valence-corrected chi connectivity index (χ3v) is 8.30. The van der Waals surface area contributed by atoms with Gasteiger partial charge in [0, 0.05) is 38.9 Å². The predicted molar refractivity (Wildman–Crippen MR) is 139 cm³/mol. The number of halogens is 1. The van der Waals surface area contributed by atoms with E-state index in [2.05, 4.69) is 42.1 Å². The van der Waals surface area contributed by atoms with E-state index in [0.29, 0.717) is 25.2 Å². The van der Waals surface area contributed by atoms with Gasteiger partial charge in [0.1, 0.15) is 10.7 Å². The highest BCUT2D eigenvalue weighted by Gasteiger charge is 2.26. The Morgan fingerprint density at radius 3 is 2.59 bits per heavy atom. The molecular formula is C25H18BrN5OS2. The predicted octanol–water partition coefficient (Wildman–Crippen LogP) is 6.22. The molecule has 5 aromatic rings. The lowest BCUT2D eigenvalue weighted by molar-refractivity contribution is 0.0708. The van der Waals surface area contributed by atoms with Crippen LogP contribution < -0.4 is 0 Å². The molecule has 0 radical (unpaired) electrons. The Bertz CT molecular complexity index is 1470. The fourth-order valence-corrected chi connectivity index (χ4v) is 6.23. The average Bonchev–Trinajstić information content (AvgIpc) is 3.64. The van der Waals surface area contributed by atoms with E-state index in [4.69, 9.17) is 4.98 Å². The molecule has 1 aliphatic heterocycles. The molecule has 6 rings (SSSR count). The molecule has 1 aliphatic rings. The highest BCUT2D eigenvalue weighted by Crippen LogP contribution is 2.33. The number of benzene rings is 2. The number of thiazole rings is 1. The number of fused-ring (bicyclic) bond motifs is 1. The van der Waals surface area contributed by atoms with Gasteiger partial charge >= 0.3 is 0 Å². The van der Waals surface area contributed by atoms with Gasteiger partial charge in [-0.15, -0.1) is 32.9 Å². The molecule has 0 unspecified atom stereocenters. The van der Waals surface area contributed by atoms with E-state index in [9.17, 15) is 4.79 Å². The molecule has 0 saturated heterocycles. The summed E-state index contributed by atoms with van der Waals surface area (Å²) in [6, 6.07) is 20.0. The summed E-state index contributed by atoms with van der Waals surface area (Å²) in [5, 5.41) is 13.8. The Kier molecular flexibility index (Phi) is 5.60. The van der Waals surface area contributed by atoms with E-state index in [1.54, 1.807) is 22.7 Å². The van der Waals surface area contributed by atoms with Gasteiger partial charge in [0.25, 0.3) is 5.91 Å². The molecular weight excluding hydrogens is 530 g/mol. The Labute approximate surface area is 212 Å². The molecule has 34 heavy (non-hydrogen) atoms. The Morgan fingerprint density at radius 1 is 0.941 bits per heavy atom. The average molecular weight is 548 g/mol. The lowest BCUT2D eigenvalue weighted by Crippen LogP contribution is -2.38. The summed E-state index contributed by atoms with van der Waals surface area (Å²) in [4.78, 5) is 21.0. The van der Waals surface area contributed by atoms with Crippen molar-refractivity contribution < 1.29 is 4.79 Å². The third-order valence-electron chi connectivity index (χ3n) is 5.82. The van der Waals surface area contributed by atoms with E-state index >= 15 is 0 Å². The van der Waals surface area contributed by atoms with E-state index in [1.165, 1.54) is 4.88 Å². The van der Waals surface area contributed by atoms with Gasteiger partial charge in [-0.3, -0.25) is 4.79 Å². The van der Waals surface area contributed by atoms with Gasteiger partial charge < -0.3 is 9.47 Å². The first-order valence-electron chi connectivity index (χ1n) is 10.7. The van der Waals surface area contributed by atoms with Crippen LogP contribution in [0.4, 0.5) is 0 Å². The molecule has 3 aromatic heterocycles. The summed E-state index contributed by atoms with van der Waals surface area (Å²) >= 11 is 6.88. The van der Waals surface area contributed by atoms with Crippen LogP contribution in [0.25, 0.3) is 32.5 Å². The fourth-order valence-electron chi connectivity index (χ4n) is 4.06. The van der Waals surface area contributed by atoms with Gasteiger partial charge in [0.15, 0.2) is 11.6 Å². The van der Waals surface area contributed by atoms with Crippen LogP contribution in [0.1, 0.15) is 16.2 Å². The van der Waals surface area contributed by atoms with E-state index in [0.717, 1.165) is 37.9 Å². The van der Waals surface area contributed by atoms with Crippen LogP contribution in [0.5, 0.6) is 0 Å². The first-order valence-corrected chi connectivity index (χ1v) is 13.3. The Morgan fingerprint density at radius 2 is 1.79 bits per heavy atom. The van der Waals surface area contributed by atoms with Crippen LogP contribution in [-0.2, 0) is 13.1 Å². The first-order chi connectivity index (χ1) is 16.7. The first kappa shape index (κ1) is 21.4. The molecule has 0 saturated carbocycles. The molecule has 0 N–H and O–H groups in total. The maximum atomic E-state index is 13.1. The quantitative estimate of drug-likeness (QED) is 0.268. The van der Waals surface area contributed by atoms with Crippen LogP contribution >= 0.6 is 38.6 Å². The lowest BCUT2D eigenvalue weighted by atomic mass is 10.1. The number of carbonyl (C=O) groups excluding carboxylic acids is 1. The van der Waals surface area contributed by atoms with Gasteiger partial charge in [-0.25, -0.2) is 4.98 Å². The van der Waals surface area contributed by atoms with Gasteiger partial charge in [-0.2, -0.15) is 0 Å². The third kappa shape index (κ3) is 3.89. The maximum Gasteiger partial charge on any atom is 0.254 e. The number of nitrogens with zero attached hydrogens (tertiary/aromatic N) is 5. The minimum absolute atomic E-state index is 0.0124. The van der Waals surface area contributed by atoms with Crippen molar-refractivity contribution >= 4 is 44.5 Å². The van der Waals surface area contributed by atoms with Crippen molar-refractivity contribution in [1.82, 2.24) is 24.6 Å². The van der Waals surface area contributed by atoms with Crippen molar-refractivity contribution in [3.8, 4) is 32.5 Å². The summed E-state index contributed by atoms with van der Waals surface area (Å²) in [6.07, 6.45) is 0.